The minimum atomic E-state index is -3.50. The number of nitrogens with zero attached hydrogens (tertiary/aromatic N) is 4. The van der Waals surface area contributed by atoms with Gasteiger partial charge in [-0.2, -0.15) is 0 Å². The molecule has 0 unspecified atom stereocenters. The zero-order valence-corrected chi connectivity index (χ0v) is 20.5. The maximum atomic E-state index is 12.4. The van der Waals surface area contributed by atoms with Crippen LogP contribution in [-0.2, 0) is 14.8 Å². The van der Waals surface area contributed by atoms with Crippen LogP contribution in [-0.4, -0.2) is 53.1 Å². The van der Waals surface area contributed by atoms with Gasteiger partial charge in [-0.05, 0) is 55.3 Å². The third-order valence-corrected chi connectivity index (χ3v) is 8.13. The highest BCUT2D eigenvalue weighted by molar-refractivity contribution is 7.99. The van der Waals surface area contributed by atoms with E-state index in [9.17, 15) is 13.2 Å². The summed E-state index contributed by atoms with van der Waals surface area (Å²) in [6.45, 7) is 4.13. The fourth-order valence-electron chi connectivity index (χ4n) is 3.60. The van der Waals surface area contributed by atoms with Crippen molar-refractivity contribution in [2.24, 2.45) is 0 Å². The van der Waals surface area contributed by atoms with E-state index in [0.29, 0.717) is 11.4 Å². The van der Waals surface area contributed by atoms with Crippen LogP contribution in [0.1, 0.15) is 17.5 Å². The van der Waals surface area contributed by atoms with Crippen molar-refractivity contribution >= 4 is 49.9 Å². The van der Waals surface area contributed by atoms with E-state index in [1.54, 1.807) is 12.1 Å². The molecule has 0 bridgehead atoms. The van der Waals surface area contributed by atoms with Crippen molar-refractivity contribution in [3.63, 3.8) is 0 Å². The average Bonchev–Trinajstić information content (AvgIpc) is 3.16. The molecule has 33 heavy (non-hydrogen) atoms. The maximum absolute atomic E-state index is 12.4. The molecule has 0 saturated heterocycles. The summed E-state index contributed by atoms with van der Waals surface area (Å²) < 4.78 is 27.5. The fraction of sp³-hybridized carbons (Fsp3) is 0.261. The predicted molar refractivity (Wildman–Crippen MR) is 131 cm³/mol. The van der Waals surface area contributed by atoms with E-state index in [1.165, 1.54) is 38.0 Å². The van der Waals surface area contributed by atoms with Crippen LogP contribution >= 0.6 is 11.8 Å². The van der Waals surface area contributed by atoms with Gasteiger partial charge >= 0.3 is 0 Å². The number of para-hydroxylation sites is 1. The van der Waals surface area contributed by atoms with Gasteiger partial charge in [0.15, 0.2) is 10.8 Å². The number of carbonyl (C=O) groups excluding carboxylic acids is 1. The van der Waals surface area contributed by atoms with E-state index >= 15 is 0 Å². The van der Waals surface area contributed by atoms with Crippen LogP contribution in [0.25, 0.3) is 16.6 Å². The van der Waals surface area contributed by atoms with Crippen LogP contribution in [0.15, 0.2) is 58.6 Å². The number of benzene rings is 2. The SMILES string of the molecule is Cc1cc2nnc(SCCC(=O)Nc3ccc(S(=O)(=O)N(C)C)cc3)n2c2c(C)cccc12. The summed E-state index contributed by atoms with van der Waals surface area (Å²) in [4.78, 5) is 12.6. The Morgan fingerprint density at radius 2 is 1.79 bits per heavy atom. The first-order valence-corrected chi connectivity index (χ1v) is 12.8. The van der Waals surface area contributed by atoms with Crippen molar-refractivity contribution < 1.29 is 13.2 Å². The highest BCUT2D eigenvalue weighted by Gasteiger charge is 2.17. The second kappa shape index (κ2) is 9.12. The number of aryl methyl sites for hydroxylation is 2. The quantitative estimate of drug-likeness (QED) is 0.401. The second-order valence-electron chi connectivity index (χ2n) is 7.93. The predicted octanol–water partition coefficient (Wildman–Crippen LogP) is 3.87. The van der Waals surface area contributed by atoms with Crippen LogP contribution in [0.2, 0.25) is 0 Å². The standard InChI is InChI=1S/C23H25N5O3S2/c1-15-6-5-7-19-16(2)14-20-25-26-23(28(20)22(15)19)32-13-12-21(29)24-17-8-10-18(11-9-17)33(30,31)27(3)4/h5-11,14H,12-13H2,1-4H3,(H,24,29). The average molecular weight is 484 g/mol. The minimum absolute atomic E-state index is 0.156. The summed E-state index contributed by atoms with van der Waals surface area (Å²) in [6.07, 6.45) is 0.278. The van der Waals surface area contributed by atoms with Gasteiger partial charge in [-0.25, -0.2) is 12.7 Å². The number of sulfonamides is 1. The number of hydrogen-bond donors (Lipinski definition) is 1. The molecule has 2 aromatic heterocycles. The number of carbonyl (C=O) groups is 1. The Labute approximate surface area is 197 Å². The normalized spacial score (nSPS) is 12.0. The number of anilines is 1. The molecule has 4 aromatic rings. The van der Waals surface area contributed by atoms with Crippen LogP contribution in [0.3, 0.4) is 0 Å². The summed E-state index contributed by atoms with van der Waals surface area (Å²) in [5.41, 5.74) is 4.70. The fourth-order valence-corrected chi connectivity index (χ4v) is 5.39. The molecule has 10 heteroatoms. The first kappa shape index (κ1) is 23.2. The van der Waals surface area contributed by atoms with E-state index in [4.69, 9.17) is 0 Å². The van der Waals surface area contributed by atoms with E-state index in [0.717, 1.165) is 37.1 Å². The van der Waals surface area contributed by atoms with Crippen molar-refractivity contribution in [1.29, 1.82) is 0 Å². The minimum Gasteiger partial charge on any atom is -0.326 e. The first-order valence-electron chi connectivity index (χ1n) is 10.4. The van der Waals surface area contributed by atoms with Crippen LogP contribution in [0.4, 0.5) is 5.69 Å². The molecule has 4 rings (SSSR count). The number of rotatable bonds is 7. The molecule has 0 saturated carbocycles. The summed E-state index contributed by atoms with van der Waals surface area (Å²) in [7, 11) is -0.541. The summed E-state index contributed by atoms with van der Waals surface area (Å²) >= 11 is 1.48. The van der Waals surface area contributed by atoms with Gasteiger partial charge in [-0.15, -0.1) is 10.2 Å². The van der Waals surface area contributed by atoms with Gasteiger partial charge in [0, 0.05) is 37.3 Å². The lowest BCUT2D eigenvalue weighted by Crippen LogP contribution is -2.22. The van der Waals surface area contributed by atoms with Gasteiger partial charge in [0.2, 0.25) is 15.9 Å². The highest BCUT2D eigenvalue weighted by atomic mass is 32.2. The van der Waals surface area contributed by atoms with Crippen LogP contribution in [0.5, 0.6) is 0 Å². The molecular weight excluding hydrogens is 458 g/mol. The third-order valence-electron chi connectivity index (χ3n) is 5.37. The molecule has 1 N–H and O–H groups in total. The zero-order valence-electron chi connectivity index (χ0n) is 18.9. The van der Waals surface area contributed by atoms with Gasteiger partial charge < -0.3 is 5.32 Å². The molecule has 0 radical (unpaired) electrons. The molecule has 0 spiro atoms. The molecule has 0 aliphatic heterocycles. The second-order valence-corrected chi connectivity index (χ2v) is 11.1. The van der Waals surface area contributed by atoms with E-state index in [-0.39, 0.29) is 17.2 Å². The molecule has 0 fully saturated rings. The molecule has 0 aliphatic carbocycles. The molecule has 2 heterocycles. The Kier molecular flexibility index (Phi) is 6.42. The van der Waals surface area contributed by atoms with Gasteiger partial charge in [0.1, 0.15) is 0 Å². The lowest BCUT2D eigenvalue weighted by Gasteiger charge is -2.12. The molecule has 1 amide bonds. The topological polar surface area (TPSA) is 96.7 Å². The number of fused-ring (bicyclic) bond motifs is 3. The van der Waals surface area contributed by atoms with Gasteiger partial charge in [-0.1, -0.05) is 30.0 Å². The van der Waals surface area contributed by atoms with Gasteiger partial charge in [0.25, 0.3) is 0 Å². The van der Waals surface area contributed by atoms with Gasteiger partial charge in [-0.3, -0.25) is 9.20 Å². The molecule has 0 atom stereocenters. The summed E-state index contributed by atoms with van der Waals surface area (Å²) in [5.74, 6) is 0.373. The lowest BCUT2D eigenvalue weighted by atomic mass is 10.1. The molecule has 172 valence electrons. The smallest absolute Gasteiger partial charge is 0.242 e. The van der Waals surface area contributed by atoms with Crippen LogP contribution < -0.4 is 5.32 Å². The number of amides is 1. The Balaban J connectivity index is 1.43. The number of thioether (sulfide) groups is 1. The monoisotopic (exact) mass is 483 g/mol. The summed E-state index contributed by atoms with van der Waals surface area (Å²) in [5, 5.41) is 13.4. The molecule has 2 aromatic carbocycles. The maximum Gasteiger partial charge on any atom is 0.242 e. The Morgan fingerprint density at radius 1 is 1.06 bits per heavy atom. The van der Waals surface area contributed by atoms with Crippen LogP contribution in [0, 0.1) is 13.8 Å². The van der Waals surface area contributed by atoms with Crippen molar-refractivity contribution in [2.45, 2.75) is 30.3 Å². The number of hydrogen-bond acceptors (Lipinski definition) is 6. The molecule has 8 nitrogen and oxygen atoms in total. The summed E-state index contributed by atoms with van der Waals surface area (Å²) in [6, 6.07) is 14.4. The van der Waals surface area contributed by atoms with E-state index in [1.807, 2.05) is 16.5 Å². The van der Waals surface area contributed by atoms with Crippen molar-refractivity contribution in [1.82, 2.24) is 18.9 Å². The van der Waals surface area contributed by atoms with Crippen molar-refractivity contribution in [3.05, 3.63) is 59.7 Å². The zero-order chi connectivity index (χ0) is 23.8. The van der Waals surface area contributed by atoms with Gasteiger partial charge in [0.05, 0.1) is 10.4 Å². The number of nitrogens with one attached hydrogen (secondary N) is 1. The highest BCUT2D eigenvalue weighted by Crippen LogP contribution is 2.28. The van der Waals surface area contributed by atoms with Crippen molar-refractivity contribution in [2.75, 3.05) is 25.2 Å². The Morgan fingerprint density at radius 3 is 2.48 bits per heavy atom. The largest absolute Gasteiger partial charge is 0.326 e. The molecule has 0 aliphatic rings. The Bertz CT molecular complexity index is 1440. The lowest BCUT2D eigenvalue weighted by molar-refractivity contribution is -0.115. The van der Waals surface area contributed by atoms with Crippen molar-refractivity contribution in [3.8, 4) is 0 Å². The van der Waals surface area contributed by atoms with E-state index in [2.05, 4.69) is 41.5 Å². The Hall–Kier alpha value is -2.95. The first-order chi connectivity index (χ1) is 15.7. The third kappa shape index (κ3) is 4.59. The van der Waals surface area contributed by atoms with E-state index < -0.39 is 10.0 Å². The molecular formula is C23H25N5O3S2. The number of aromatic nitrogens is 3. The number of pyridine rings is 1.